The maximum Gasteiger partial charge on any atom is 0.261 e. The number of hydrogen-bond donors (Lipinski definition) is 3. The molecule has 4 N–H and O–H groups in total. The van der Waals surface area contributed by atoms with Crippen molar-refractivity contribution in [3.8, 4) is 0 Å². The maximum atomic E-state index is 15.0. The normalized spacial score (nSPS) is 13.6. The quantitative estimate of drug-likeness (QED) is 0.335. The Morgan fingerprint density at radius 2 is 1.74 bits per heavy atom. The van der Waals surface area contributed by atoms with Crippen LogP contribution in [-0.4, -0.2) is 45.2 Å². The smallest absolute Gasteiger partial charge is 0.261 e. The lowest BCUT2D eigenvalue weighted by atomic mass is 9.99. The fourth-order valence-electron chi connectivity index (χ4n) is 4.38. The largest absolute Gasteiger partial charge is 0.365 e. The van der Waals surface area contributed by atoms with Crippen molar-refractivity contribution in [2.45, 2.75) is 46.6 Å². The summed E-state index contributed by atoms with van der Waals surface area (Å²) in [5.41, 5.74) is 8.62. The molecule has 1 aliphatic heterocycles. The number of benzene rings is 1. The molecule has 0 saturated carbocycles. The number of rotatable bonds is 10. The summed E-state index contributed by atoms with van der Waals surface area (Å²) >= 11 is 0. The SMILES string of the molecule is Cc1cc(Nc2nc(N[C@H](CCCN3C(=O)c4ccccc4C3=O)C(C)C)c(F)cc2C(N)=O)cnc1C. The Balaban J connectivity index is 1.49. The topological polar surface area (TPSA) is 130 Å². The predicted molar refractivity (Wildman–Crippen MR) is 143 cm³/mol. The van der Waals surface area contributed by atoms with Gasteiger partial charge in [0.1, 0.15) is 5.82 Å². The van der Waals surface area contributed by atoms with Crippen molar-refractivity contribution in [1.29, 1.82) is 0 Å². The van der Waals surface area contributed by atoms with Crippen LogP contribution in [0, 0.1) is 25.6 Å². The molecule has 1 aliphatic rings. The lowest BCUT2D eigenvalue weighted by molar-refractivity contribution is 0.0650. The van der Waals surface area contributed by atoms with E-state index in [9.17, 15) is 14.4 Å². The van der Waals surface area contributed by atoms with E-state index in [2.05, 4.69) is 20.6 Å². The molecule has 0 spiro atoms. The summed E-state index contributed by atoms with van der Waals surface area (Å²) in [7, 11) is 0. The Hall–Kier alpha value is -4.34. The molecule has 0 radical (unpaired) electrons. The number of fused-ring (bicyclic) bond motifs is 1. The number of imide groups is 1. The first-order valence-electron chi connectivity index (χ1n) is 12.5. The summed E-state index contributed by atoms with van der Waals surface area (Å²) in [6.45, 7) is 8.00. The number of amides is 3. The van der Waals surface area contributed by atoms with Crippen LogP contribution < -0.4 is 16.4 Å². The number of nitrogens with two attached hydrogens (primary N) is 1. The van der Waals surface area contributed by atoms with Crippen LogP contribution in [0.1, 0.15) is 69.0 Å². The molecule has 1 atom stereocenters. The highest BCUT2D eigenvalue weighted by molar-refractivity contribution is 6.21. The number of carbonyl (C=O) groups is 3. The molecule has 2 aromatic heterocycles. The summed E-state index contributed by atoms with van der Waals surface area (Å²) in [5, 5.41) is 6.17. The number of carbonyl (C=O) groups excluding carboxylic acids is 3. The number of halogens is 1. The van der Waals surface area contributed by atoms with Gasteiger partial charge in [-0.15, -0.1) is 0 Å². The van der Waals surface area contributed by atoms with E-state index >= 15 is 4.39 Å². The third kappa shape index (κ3) is 5.49. The predicted octanol–water partition coefficient (Wildman–Crippen LogP) is 4.59. The zero-order valence-electron chi connectivity index (χ0n) is 21.8. The zero-order valence-corrected chi connectivity index (χ0v) is 21.8. The third-order valence-electron chi connectivity index (χ3n) is 6.75. The van der Waals surface area contributed by atoms with Gasteiger partial charge in [-0.1, -0.05) is 26.0 Å². The van der Waals surface area contributed by atoms with Crippen LogP contribution in [0.3, 0.4) is 0 Å². The van der Waals surface area contributed by atoms with E-state index in [1.54, 1.807) is 30.5 Å². The Morgan fingerprint density at radius 3 is 2.32 bits per heavy atom. The summed E-state index contributed by atoms with van der Waals surface area (Å²) in [6.07, 6.45) is 2.66. The average molecular weight is 519 g/mol. The maximum absolute atomic E-state index is 15.0. The van der Waals surface area contributed by atoms with Crippen LogP contribution >= 0.6 is 0 Å². The minimum Gasteiger partial charge on any atom is -0.365 e. The van der Waals surface area contributed by atoms with E-state index in [1.807, 2.05) is 33.8 Å². The summed E-state index contributed by atoms with van der Waals surface area (Å²) in [4.78, 5) is 47.2. The Bertz CT molecular complexity index is 1370. The van der Waals surface area contributed by atoms with E-state index < -0.39 is 11.7 Å². The second kappa shape index (κ2) is 11.0. The molecule has 0 aliphatic carbocycles. The first-order valence-corrected chi connectivity index (χ1v) is 12.5. The lowest BCUT2D eigenvalue weighted by Crippen LogP contribution is -2.33. The van der Waals surface area contributed by atoms with Crippen LogP contribution in [0.4, 0.5) is 21.7 Å². The number of nitrogens with zero attached hydrogens (tertiary/aromatic N) is 3. The zero-order chi connectivity index (χ0) is 27.6. The van der Waals surface area contributed by atoms with Crippen LogP contribution in [0.2, 0.25) is 0 Å². The minimum absolute atomic E-state index is 0.0336. The highest BCUT2D eigenvalue weighted by atomic mass is 19.1. The van der Waals surface area contributed by atoms with Crippen molar-refractivity contribution in [1.82, 2.24) is 14.9 Å². The molecule has 0 bridgehead atoms. The standard InChI is InChI=1S/C28H31FN6O3/c1-15(2)23(10-7-11-35-27(37)19-8-5-6-9-20(19)28(35)38)33-26-22(29)13-21(24(30)36)25(34-26)32-18-12-16(3)17(4)31-14-18/h5-6,8-9,12-15,23H,7,10-11H2,1-4H3,(H2,30,36)(H2,32,33,34)/t23-/m1/s1. The Kier molecular flexibility index (Phi) is 7.70. The molecule has 4 rings (SSSR count). The number of primary amides is 1. The molecule has 198 valence electrons. The molecule has 1 aromatic carbocycles. The van der Waals surface area contributed by atoms with Crippen LogP contribution in [-0.2, 0) is 0 Å². The monoisotopic (exact) mass is 518 g/mol. The fraction of sp³-hybridized carbons (Fsp3) is 0.321. The van der Waals surface area contributed by atoms with Gasteiger partial charge in [0.05, 0.1) is 28.6 Å². The molecule has 3 heterocycles. The van der Waals surface area contributed by atoms with E-state index in [0.29, 0.717) is 29.7 Å². The van der Waals surface area contributed by atoms with E-state index in [1.165, 1.54) is 4.90 Å². The van der Waals surface area contributed by atoms with Gasteiger partial charge in [-0.25, -0.2) is 9.37 Å². The van der Waals surface area contributed by atoms with Crippen molar-refractivity contribution >= 4 is 35.0 Å². The fourth-order valence-corrected chi connectivity index (χ4v) is 4.38. The van der Waals surface area contributed by atoms with Gasteiger partial charge < -0.3 is 16.4 Å². The van der Waals surface area contributed by atoms with Gasteiger partial charge in [0.15, 0.2) is 11.6 Å². The molecule has 10 heteroatoms. The third-order valence-corrected chi connectivity index (χ3v) is 6.75. The summed E-state index contributed by atoms with van der Waals surface area (Å²) in [5.74, 6) is -1.97. The minimum atomic E-state index is -0.816. The average Bonchev–Trinajstić information content (AvgIpc) is 3.11. The van der Waals surface area contributed by atoms with Crippen LogP contribution in [0.25, 0.3) is 0 Å². The highest BCUT2D eigenvalue weighted by Crippen LogP contribution is 2.27. The number of pyridine rings is 2. The summed E-state index contributed by atoms with van der Waals surface area (Å²) in [6, 6.07) is 9.46. The van der Waals surface area contributed by atoms with Gasteiger partial charge in [-0.3, -0.25) is 24.3 Å². The molecule has 38 heavy (non-hydrogen) atoms. The first-order chi connectivity index (χ1) is 18.1. The van der Waals surface area contributed by atoms with Gasteiger partial charge >= 0.3 is 0 Å². The number of aromatic nitrogens is 2. The molecule has 3 aromatic rings. The van der Waals surface area contributed by atoms with Crippen LogP contribution in [0.15, 0.2) is 42.6 Å². The number of anilines is 3. The van der Waals surface area contributed by atoms with Gasteiger partial charge in [0, 0.05) is 18.3 Å². The molecular formula is C28H31FN6O3. The number of nitrogens with one attached hydrogen (secondary N) is 2. The Morgan fingerprint density at radius 1 is 1.08 bits per heavy atom. The second-order valence-electron chi connectivity index (χ2n) is 9.78. The first kappa shape index (κ1) is 26.7. The van der Waals surface area contributed by atoms with E-state index in [-0.39, 0.29) is 47.5 Å². The lowest BCUT2D eigenvalue weighted by Gasteiger charge is -2.25. The van der Waals surface area contributed by atoms with Crippen molar-refractivity contribution < 1.29 is 18.8 Å². The van der Waals surface area contributed by atoms with Gasteiger partial charge in [-0.2, -0.15) is 0 Å². The van der Waals surface area contributed by atoms with E-state index in [4.69, 9.17) is 5.73 Å². The molecule has 0 unspecified atom stereocenters. The number of aryl methyl sites for hydroxylation is 2. The van der Waals surface area contributed by atoms with Crippen molar-refractivity contribution in [2.24, 2.45) is 11.7 Å². The van der Waals surface area contributed by atoms with Gasteiger partial charge in [0.25, 0.3) is 17.7 Å². The molecular weight excluding hydrogens is 487 g/mol. The van der Waals surface area contributed by atoms with Crippen LogP contribution in [0.5, 0.6) is 0 Å². The van der Waals surface area contributed by atoms with Crippen molar-refractivity contribution in [3.05, 3.63) is 76.4 Å². The molecule has 0 saturated heterocycles. The molecule has 0 fully saturated rings. The van der Waals surface area contributed by atoms with Gasteiger partial charge in [0.2, 0.25) is 0 Å². The van der Waals surface area contributed by atoms with Crippen molar-refractivity contribution in [2.75, 3.05) is 17.2 Å². The molecule has 3 amide bonds. The van der Waals surface area contributed by atoms with Gasteiger partial charge in [-0.05, 0) is 62.4 Å². The van der Waals surface area contributed by atoms with Crippen molar-refractivity contribution in [3.63, 3.8) is 0 Å². The highest BCUT2D eigenvalue weighted by Gasteiger charge is 2.34. The Labute approximate surface area is 220 Å². The number of hydrogen-bond acceptors (Lipinski definition) is 7. The van der Waals surface area contributed by atoms with E-state index in [0.717, 1.165) is 17.3 Å². The second-order valence-corrected chi connectivity index (χ2v) is 9.78. The summed E-state index contributed by atoms with van der Waals surface area (Å²) < 4.78 is 15.0. The molecule has 9 nitrogen and oxygen atoms in total.